The minimum Gasteiger partial charge on any atom is -0.464 e. The van der Waals surface area contributed by atoms with Crippen molar-refractivity contribution in [2.45, 2.75) is 32.7 Å². The second-order valence-corrected chi connectivity index (χ2v) is 5.75. The third-order valence-electron chi connectivity index (χ3n) is 3.24. The summed E-state index contributed by atoms with van der Waals surface area (Å²) in [7, 11) is 0. The van der Waals surface area contributed by atoms with Gasteiger partial charge in [0.1, 0.15) is 6.04 Å². The molecule has 1 saturated heterocycles. The molecule has 0 radical (unpaired) electrons. The maximum absolute atomic E-state index is 12.5. The van der Waals surface area contributed by atoms with Gasteiger partial charge in [-0.15, -0.1) is 0 Å². The zero-order valence-corrected chi connectivity index (χ0v) is 12.6. The topological polar surface area (TPSA) is 72.6 Å². The maximum Gasteiger partial charge on any atom is 0.329 e. The molecule has 1 aliphatic rings. The molecule has 1 heterocycles. The number of hydrogen-bond acceptors (Lipinski definition) is 5. The standard InChI is InChI=1S/C13H24N2O3S/c1-3-5-10(8-14)12(16)15-6-7-19-9-11(15)13(17)18-4-2/h10-11H,3-9,14H2,1-2H3. The van der Waals surface area contributed by atoms with Crippen LogP contribution in [0.5, 0.6) is 0 Å². The van der Waals surface area contributed by atoms with Gasteiger partial charge < -0.3 is 15.4 Å². The summed E-state index contributed by atoms with van der Waals surface area (Å²) in [5.41, 5.74) is 5.68. The number of rotatable bonds is 6. The van der Waals surface area contributed by atoms with Gasteiger partial charge in [0.25, 0.3) is 0 Å². The van der Waals surface area contributed by atoms with E-state index in [-0.39, 0.29) is 17.8 Å². The highest BCUT2D eigenvalue weighted by Crippen LogP contribution is 2.21. The number of nitrogens with two attached hydrogens (primary N) is 1. The van der Waals surface area contributed by atoms with Crippen LogP contribution in [0.25, 0.3) is 0 Å². The minimum absolute atomic E-state index is 0.00250. The summed E-state index contributed by atoms with van der Waals surface area (Å²) in [4.78, 5) is 26.1. The zero-order valence-electron chi connectivity index (χ0n) is 11.8. The lowest BCUT2D eigenvalue weighted by Crippen LogP contribution is -2.53. The fraction of sp³-hybridized carbons (Fsp3) is 0.846. The van der Waals surface area contributed by atoms with E-state index in [0.29, 0.717) is 25.4 Å². The molecule has 0 aromatic carbocycles. The number of carbonyl (C=O) groups is 2. The van der Waals surface area contributed by atoms with E-state index in [9.17, 15) is 9.59 Å². The van der Waals surface area contributed by atoms with Crippen LogP contribution >= 0.6 is 11.8 Å². The lowest BCUT2D eigenvalue weighted by atomic mass is 10.0. The third-order valence-corrected chi connectivity index (χ3v) is 4.26. The van der Waals surface area contributed by atoms with E-state index >= 15 is 0 Å². The van der Waals surface area contributed by atoms with Crippen molar-refractivity contribution in [3.05, 3.63) is 0 Å². The van der Waals surface area contributed by atoms with Gasteiger partial charge in [-0.2, -0.15) is 11.8 Å². The van der Waals surface area contributed by atoms with Gasteiger partial charge in [-0.1, -0.05) is 13.3 Å². The van der Waals surface area contributed by atoms with Crippen molar-refractivity contribution in [3.8, 4) is 0 Å². The molecule has 2 N–H and O–H groups in total. The van der Waals surface area contributed by atoms with Crippen LogP contribution in [0.15, 0.2) is 0 Å². The Bertz CT molecular complexity index is 312. The average Bonchev–Trinajstić information content (AvgIpc) is 2.44. The van der Waals surface area contributed by atoms with E-state index in [4.69, 9.17) is 10.5 Å². The Hall–Kier alpha value is -0.750. The van der Waals surface area contributed by atoms with Crippen LogP contribution < -0.4 is 5.73 Å². The summed E-state index contributed by atoms with van der Waals surface area (Å²) in [6.07, 6.45) is 1.69. The van der Waals surface area contributed by atoms with E-state index in [0.717, 1.165) is 18.6 Å². The Morgan fingerprint density at radius 2 is 2.21 bits per heavy atom. The first kappa shape index (κ1) is 16.3. The van der Waals surface area contributed by atoms with Crippen molar-refractivity contribution >= 4 is 23.6 Å². The molecule has 0 saturated carbocycles. The van der Waals surface area contributed by atoms with Gasteiger partial charge in [-0.25, -0.2) is 4.79 Å². The fourth-order valence-corrected chi connectivity index (χ4v) is 3.26. The van der Waals surface area contributed by atoms with Crippen molar-refractivity contribution in [2.24, 2.45) is 11.7 Å². The number of ether oxygens (including phenoxy) is 1. The number of amides is 1. The molecule has 0 bridgehead atoms. The molecule has 6 heteroatoms. The van der Waals surface area contributed by atoms with Gasteiger partial charge >= 0.3 is 5.97 Å². The Kier molecular flexibility index (Phi) is 7.23. The number of nitrogens with zero attached hydrogens (tertiary/aromatic N) is 1. The normalized spacial score (nSPS) is 21.0. The Balaban J connectivity index is 2.75. The van der Waals surface area contributed by atoms with Gasteiger partial charge in [-0.3, -0.25) is 4.79 Å². The van der Waals surface area contributed by atoms with Gasteiger partial charge in [0, 0.05) is 24.6 Å². The second kappa shape index (κ2) is 8.43. The molecular formula is C13H24N2O3S. The average molecular weight is 288 g/mol. The summed E-state index contributed by atoms with van der Waals surface area (Å²) >= 11 is 1.69. The highest BCUT2D eigenvalue weighted by molar-refractivity contribution is 7.99. The van der Waals surface area contributed by atoms with Crippen LogP contribution in [-0.4, -0.2) is 54.0 Å². The van der Waals surface area contributed by atoms with E-state index in [1.807, 2.05) is 6.92 Å². The molecule has 0 aliphatic carbocycles. The molecule has 1 aliphatic heterocycles. The predicted molar refractivity (Wildman–Crippen MR) is 76.9 cm³/mol. The highest BCUT2D eigenvalue weighted by Gasteiger charge is 2.35. The zero-order chi connectivity index (χ0) is 14.3. The molecule has 0 aromatic rings. The van der Waals surface area contributed by atoms with Crippen LogP contribution in [0, 0.1) is 5.92 Å². The summed E-state index contributed by atoms with van der Waals surface area (Å²) in [5.74, 6) is 1.02. The van der Waals surface area contributed by atoms with E-state index in [1.165, 1.54) is 0 Å². The number of hydrogen-bond donors (Lipinski definition) is 1. The monoisotopic (exact) mass is 288 g/mol. The molecule has 19 heavy (non-hydrogen) atoms. The van der Waals surface area contributed by atoms with Gasteiger partial charge in [0.15, 0.2) is 0 Å². The van der Waals surface area contributed by atoms with Crippen molar-refractivity contribution in [2.75, 3.05) is 31.2 Å². The van der Waals surface area contributed by atoms with Gasteiger partial charge in [0.2, 0.25) is 5.91 Å². The first-order chi connectivity index (χ1) is 9.15. The molecule has 2 unspecified atom stereocenters. The van der Waals surface area contributed by atoms with E-state index in [1.54, 1.807) is 23.6 Å². The molecule has 1 fully saturated rings. The Labute approximate surface area is 119 Å². The van der Waals surface area contributed by atoms with Crippen LogP contribution in [0.3, 0.4) is 0 Å². The predicted octanol–water partition coefficient (Wildman–Crippen LogP) is 0.869. The summed E-state index contributed by atoms with van der Waals surface area (Å²) < 4.78 is 5.06. The van der Waals surface area contributed by atoms with Crippen molar-refractivity contribution in [1.29, 1.82) is 0 Å². The van der Waals surface area contributed by atoms with Crippen LogP contribution in [0.4, 0.5) is 0 Å². The molecular weight excluding hydrogens is 264 g/mol. The number of esters is 1. The molecule has 5 nitrogen and oxygen atoms in total. The lowest BCUT2D eigenvalue weighted by Gasteiger charge is -2.35. The molecule has 2 atom stereocenters. The number of carbonyl (C=O) groups excluding carboxylic acids is 2. The Morgan fingerprint density at radius 1 is 1.47 bits per heavy atom. The minimum atomic E-state index is -0.447. The molecule has 0 aromatic heterocycles. The van der Waals surface area contributed by atoms with Crippen molar-refractivity contribution in [3.63, 3.8) is 0 Å². The van der Waals surface area contributed by atoms with E-state index in [2.05, 4.69) is 0 Å². The number of thioether (sulfide) groups is 1. The second-order valence-electron chi connectivity index (χ2n) is 4.60. The highest BCUT2D eigenvalue weighted by atomic mass is 32.2. The van der Waals surface area contributed by atoms with Gasteiger partial charge in [0.05, 0.1) is 12.5 Å². The van der Waals surface area contributed by atoms with Crippen LogP contribution in [0.2, 0.25) is 0 Å². The summed E-state index contributed by atoms with van der Waals surface area (Å²) in [6, 6.07) is -0.447. The lowest BCUT2D eigenvalue weighted by molar-refractivity contribution is -0.155. The third kappa shape index (κ3) is 4.38. The molecule has 110 valence electrons. The van der Waals surface area contributed by atoms with Crippen molar-refractivity contribution < 1.29 is 14.3 Å². The van der Waals surface area contributed by atoms with Crippen molar-refractivity contribution in [1.82, 2.24) is 4.90 Å². The van der Waals surface area contributed by atoms with Crippen LogP contribution in [0.1, 0.15) is 26.7 Å². The SMILES string of the molecule is CCCC(CN)C(=O)N1CCSCC1C(=O)OCC. The summed E-state index contributed by atoms with van der Waals surface area (Å²) in [6.45, 7) is 5.10. The smallest absolute Gasteiger partial charge is 0.329 e. The first-order valence-electron chi connectivity index (χ1n) is 6.90. The van der Waals surface area contributed by atoms with Crippen LogP contribution in [-0.2, 0) is 14.3 Å². The van der Waals surface area contributed by atoms with Gasteiger partial charge in [-0.05, 0) is 13.3 Å². The largest absolute Gasteiger partial charge is 0.464 e. The summed E-state index contributed by atoms with van der Waals surface area (Å²) in [5, 5.41) is 0. The quantitative estimate of drug-likeness (QED) is 0.734. The molecule has 1 rings (SSSR count). The maximum atomic E-state index is 12.5. The molecule has 1 amide bonds. The fourth-order valence-electron chi connectivity index (χ4n) is 2.23. The van der Waals surface area contributed by atoms with E-state index < -0.39 is 6.04 Å². The molecule has 0 spiro atoms. The Morgan fingerprint density at radius 3 is 2.79 bits per heavy atom. The first-order valence-corrected chi connectivity index (χ1v) is 8.06.